The third kappa shape index (κ3) is 7.23. The van der Waals surface area contributed by atoms with E-state index in [2.05, 4.69) is 10.6 Å². The Hall–Kier alpha value is -1.10. The highest BCUT2D eigenvalue weighted by molar-refractivity contribution is 5.87. The van der Waals surface area contributed by atoms with Crippen LogP contribution in [0.15, 0.2) is 0 Å². The summed E-state index contributed by atoms with van der Waals surface area (Å²) in [6, 6.07) is -0.581. The van der Waals surface area contributed by atoms with Crippen LogP contribution in [0, 0.1) is 0 Å². The number of nitrogens with one attached hydrogen (secondary N) is 2. The van der Waals surface area contributed by atoms with Gasteiger partial charge in [-0.25, -0.2) is 0 Å². The molecule has 0 saturated heterocycles. The molecule has 0 aromatic carbocycles. The Morgan fingerprint density at radius 2 is 1.88 bits per heavy atom. The van der Waals surface area contributed by atoms with Crippen LogP contribution in [0.3, 0.4) is 0 Å². The second-order valence-electron chi connectivity index (χ2n) is 4.91. The lowest BCUT2D eigenvalue weighted by molar-refractivity contribution is -0.127. The van der Waals surface area contributed by atoms with Crippen molar-refractivity contribution in [2.75, 3.05) is 6.54 Å². The van der Waals surface area contributed by atoms with Gasteiger partial charge in [0.2, 0.25) is 11.8 Å². The van der Waals surface area contributed by atoms with Gasteiger partial charge in [0.15, 0.2) is 0 Å². The normalized spacial score (nSPS) is 13.2. The molecule has 1 atom stereocenters. The van der Waals surface area contributed by atoms with E-state index in [1.54, 1.807) is 0 Å². The maximum atomic E-state index is 11.6. The van der Waals surface area contributed by atoms with E-state index in [1.165, 1.54) is 0 Å². The summed E-state index contributed by atoms with van der Waals surface area (Å²) < 4.78 is 0. The molecular formula is C11H23N3O2. The molecule has 5 nitrogen and oxygen atoms in total. The zero-order valence-electron chi connectivity index (χ0n) is 10.6. The third-order valence-electron chi connectivity index (χ3n) is 1.89. The number of nitrogens with two attached hydrogens (primary N) is 1. The Morgan fingerprint density at radius 3 is 2.25 bits per heavy atom. The maximum absolute atomic E-state index is 11.6. The minimum atomic E-state index is -0.581. The Balaban J connectivity index is 4.19. The van der Waals surface area contributed by atoms with Crippen LogP contribution in [0.1, 0.15) is 40.5 Å². The van der Waals surface area contributed by atoms with Gasteiger partial charge in [0.1, 0.15) is 0 Å². The second-order valence-corrected chi connectivity index (χ2v) is 4.91. The molecule has 5 heteroatoms. The molecule has 94 valence electrons. The van der Waals surface area contributed by atoms with E-state index < -0.39 is 11.9 Å². The van der Waals surface area contributed by atoms with E-state index in [1.807, 2.05) is 27.7 Å². The Kier molecular flexibility index (Phi) is 6.03. The predicted octanol–water partition coefficient (Wildman–Crippen LogP) is 0.145. The molecule has 0 aliphatic heterocycles. The van der Waals surface area contributed by atoms with Crippen LogP contribution < -0.4 is 16.4 Å². The van der Waals surface area contributed by atoms with Crippen LogP contribution in [0.5, 0.6) is 0 Å². The molecule has 0 heterocycles. The smallest absolute Gasteiger partial charge is 0.235 e. The van der Waals surface area contributed by atoms with Gasteiger partial charge in [0, 0.05) is 5.54 Å². The SMILES string of the molecule is CCCNC(CC(=O)NC(C)(C)C)C(N)=O. The third-order valence-corrected chi connectivity index (χ3v) is 1.89. The van der Waals surface area contributed by atoms with Gasteiger partial charge in [-0.05, 0) is 33.7 Å². The Morgan fingerprint density at radius 1 is 1.31 bits per heavy atom. The van der Waals surface area contributed by atoms with Gasteiger partial charge < -0.3 is 16.4 Å². The molecule has 1 unspecified atom stereocenters. The van der Waals surface area contributed by atoms with Crippen molar-refractivity contribution in [3.8, 4) is 0 Å². The molecule has 0 aromatic rings. The minimum Gasteiger partial charge on any atom is -0.368 e. The highest BCUT2D eigenvalue weighted by Crippen LogP contribution is 2.01. The summed E-state index contributed by atoms with van der Waals surface area (Å²) in [4.78, 5) is 22.7. The molecule has 4 N–H and O–H groups in total. The lowest BCUT2D eigenvalue weighted by atomic mass is 10.1. The summed E-state index contributed by atoms with van der Waals surface area (Å²) in [5.74, 6) is -0.655. The summed E-state index contributed by atoms with van der Waals surface area (Å²) in [6.45, 7) is 8.34. The zero-order valence-corrected chi connectivity index (χ0v) is 10.6. The first kappa shape index (κ1) is 14.9. The largest absolute Gasteiger partial charge is 0.368 e. The summed E-state index contributed by atoms with van der Waals surface area (Å²) in [6.07, 6.45) is 0.983. The number of hydrogen-bond acceptors (Lipinski definition) is 3. The van der Waals surface area contributed by atoms with E-state index in [-0.39, 0.29) is 17.9 Å². The van der Waals surface area contributed by atoms with Crippen molar-refractivity contribution in [2.24, 2.45) is 5.73 Å². The standard InChI is InChI=1S/C11H23N3O2/c1-5-6-13-8(10(12)16)7-9(15)14-11(2,3)4/h8,13H,5-7H2,1-4H3,(H2,12,16)(H,14,15). The molecule has 0 aromatic heterocycles. The summed E-state index contributed by atoms with van der Waals surface area (Å²) in [5, 5.41) is 5.74. The monoisotopic (exact) mass is 229 g/mol. The van der Waals surface area contributed by atoms with Gasteiger partial charge in [-0.15, -0.1) is 0 Å². The van der Waals surface area contributed by atoms with Crippen LogP contribution in [0.2, 0.25) is 0 Å². The number of amides is 2. The lowest BCUT2D eigenvalue weighted by Crippen LogP contribution is -2.48. The highest BCUT2D eigenvalue weighted by atomic mass is 16.2. The first-order chi connectivity index (χ1) is 7.26. The number of primary amides is 1. The number of rotatable bonds is 6. The number of hydrogen-bond donors (Lipinski definition) is 3. The molecule has 0 aliphatic rings. The molecule has 0 fully saturated rings. The topological polar surface area (TPSA) is 84.2 Å². The van der Waals surface area contributed by atoms with Gasteiger partial charge in [-0.1, -0.05) is 6.92 Å². The molecule has 0 radical (unpaired) electrons. The highest BCUT2D eigenvalue weighted by Gasteiger charge is 2.21. The Labute approximate surface area is 97.2 Å². The minimum absolute atomic E-state index is 0.0899. The molecule has 0 bridgehead atoms. The molecule has 0 spiro atoms. The fraction of sp³-hybridized carbons (Fsp3) is 0.818. The van der Waals surface area contributed by atoms with Gasteiger partial charge in [0.05, 0.1) is 12.5 Å². The van der Waals surface area contributed by atoms with E-state index in [0.29, 0.717) is 6.54 Å². The van der Waals surface area contributed by atoms with Gasteiger partial charge >= 0.3 is 0 Å². The van der Waals surface area contributed by atoms with Crippen molar-refractivity contribution < 1.29 is 9.59 Å². The molecule has 0 saturated carbocycles. The average Bonchev–Trinajstić information content (AvgIpc) is 2.08. The van der Waals surface area contributed by atoms with Crippen molar-refractivity contribution in [1.82, 2.24) is 10.6 Å². The van der Waals surface area contributed by atoms with Crippen LogP contribution in [-0.2, 0) is 9.59 Å². The molecular weight excluding hydrogens is 206 g/mol. The van der Waals surface area contributed by atoms with Crippen molar-refractivity contribution in [3.63, 3.8) is 0 Å². The van der Waals surface area contributed by atoms with Crippen LogP contribution in [0.4, 0.5) is 0 Å². The summed E-state index contributed by atoms with van der Waals surface area (Å²) in [5.41, 5.74) is 4.92. The van der Waals surface area contributed by atoms with Crippen molar-refractivity contribution in [1.29, 1.82) is 0 Å². The lowest BCUT2D eigenvalue weighted by Gasteiger charge is -2.22. The molecule has 16 heavy (non-hydrogen) atoms. The van der Waals surface area contributed by atoms with Crippen molar-refractivity contribution in [3.05, 3.63) is 0 Å². The van der Waals surface area contributed by atoms with Gasteiger partial charge in [0.25, 0.3) is 0 Å². The number of carbonyl (C=O) groups is 2. The Bertz CT molecular complexity index is 246. The average molecular weight is 229 g/mol. The van der Waals surface area contributed by atoms with Crippen molar-refractivity contribution >= 4 is 11.8 Å². The molecule has 0 rings (SSSR count). The maximum Gasteiger partial charge on any atom is 0.235 e. The fourth-order valence-corrected chi connectivity index (χ4v) is 1.25. The van der Waals surface area contributed by atoms with E-state index in [0.717, 1.165) is 6.42 Å². The first-order valence-corrected chi connectivity index (χ1v) is 5.60. The summed E-state index contributed by atoms with van der Waals surface area (Å²) >= 11 is 0. The van der Waals surface area contributed by atoms with E-state index >= 15 is 0 Å². The molecule has 0 aliphatic carbocycles. The summed E-state index contributed by atoms with van der Waals surface area (Å²) in [7, 11) is 0. The predicted molar refractivity (Wildman–Crippen MR) is 63.8 cm³/mol. The number of carbonyl (C=O) groups excluding carboxylic acids is 2. The van der Waals surface area contributed by atoms with Crippen LogP contribution >= 0.6 is 0 Å². The van der Waals surface area contributed by atoms with E-state index in [4.69, 9.17) is 5.73 Å². The van der Waals surface area contributed by atoms with Crippen LogP contribution in [0.25, 0.3) is 0 Å². The van der Waals surface area contributed by atoms with Gasteiger partial charge in [-0.3, -0.25) is 9.59 Å². The first-order valence-electron chi connectivity index (χ1n) is 5.60. The zero-order chi connectivity index (χ0) is 12.8. The quantitative estimate of drug-likeness (QED) is 0.606. The fourth-order valence-electron chi connectivity index (χ4n) is 1.25. The van der Waals surface area contributed by atoms with E-state index in [9.17, 15) is 9.59 Å². The van der Waals surface area contributed by atoms with Gasteiger partial charge in [-0.2, -0.15) is 0 Å². The van der Waals surface area contributed by atoms with Crippen molar-refractivity contribution in [2.45, 2.75) is 52.1 Å². The second kappa shape index (κ2) is 6.48. The van der Waals surface area contributed by atoms with Crippen LogP contribution in [-0.4, -0.2) is 29.9 Å². The molecule has 2 amide bonds.